The van der Waals surface area contributed by atoms with Gasteiger partial charge in [0.15, 0.2) is 0 Å². The molecule has 0 saturated carbocycles. The molecule has 0 saturated heterocycles. The first-order valence-electron chi connectivity index (χ1n) is 9.35. The Hall–Kier alpha value is -2.70. The minimum absolute atomic E-state index is 0.140. The number of amides is 1. The molecule has 1 heterocycles. The highest BCUT2D eigenvalue weighted by atomic mass is 32.2. The van der Waals surface area contributed by atoms with Crippen molar-refractivity contribution in [1.82, 2.24) is 19.4 Å². The predicted molar refractivity (Wildman–Crippen MR) is 109 cm³/mol. The third-order valence-corrected chi connectivity index (χ3v) is 6.69. The lowest BCUT2D eigenvalue weighted by Gasteiger charge is -2.15. The van der Waals surface area contributed by atoms with Gasteiger partial charge >= 0.3 is 0 Å². The van der Waals surface area contributed by atoms with E-state index in [1.165, 1.54) is 14.1 Å². The number of aryl methyl sites for hydroxylation is 2. The molecule has 0 bridgehead atoms. The lowest BCUT2D eigenvalue weighted by Crippen LogP contribution is -2.27. The van der Waals surface area contributed by atoms with Gasteiger partial charge in [0.05, 0.1) is 29.6 Å². The Balaban J connectivity index is 2.01. The topological polar surface area (TPSA) is 108 Å². The summed E-state index contributed by atoms with van der Waals surface area (Å²) in [5.41, 5.74) is 3.38. The molecular weight excluding hydrogens is 390 g/mol. The minimum atomic E-state index is -3.58. The lowest BCUT2D eigenvalue weighted by molar-refractivity contribution is -0.121. The summed E-state index contributed by atoms with van der Waals surface area (Å²) in [6.45, 7) is 4.51. The number of hydrogen-bond acceptors (Lipinski definition) is 5. The molecule has 0 aliphatic rings. The van der Waals surface area contributed by atoms with E-state index in [-0.39, 0.29) is 23.8 Å². The van der Waals surface area contributed by atoms with Crippen LogP contribution in [0.25, 0.3) is 0 Å². The molecule has 0 fully saturated rings. The molecule has 1 aromatic carbocycles. The van der Waals surface area contributed by atoms with Crippen molar-refractivity contribution >= 4 is 15.9 Å². The number of carbonyl (C=O) groups is 1. The first-order valence-corrected chi connectivity index (χ1v) is 10.8. The van der Waals surface area contributed by atoms with E-state index in [9.17, 15) is 13.2 Å². The van der Waals surface area contributed by atoms with Gasteiger partial charge in [-0.3, -0.25) is 9.48 Å². The molecule has 0 atom stereocenters. The molecular formula is C20H27N5O3S. The standard InChI is InChI=1S/C20H27N5O3S/c1-15-18(16(2)25(23-15)13-7-12-21)10-11-20(26)22-14-17-8-5-6-9-19(17)29(27,28)24(3)4/h5-6,8-9H,7,10-11,13-14H2,1-4H3,(H,22,26). The Bertz CT molecular complexity index is 1020. The monoisotopic (exact) mass is 417 g/mol. The van der Waals surface area contributed by atoms with Gasteiger partial charge in [-0.25, -0.2) is 12.7 Å². The highest BCUT2D eigenvalue weighted by Gasteiger charge is 2.21. The fraction of sp³-hybridized carbons (Fsp3) is 0.450. The molecule has 29 heavy (non-hydrogen) atoms. The van der Waals surface area contributed by atoms with Crippen LogP contribution in [0.2, 0.25) is 0 Å². The zero-order valence-corrected chi connectivity index (χ0v) is 18.1. The molecule has 1 amide bonds. The predicted octanol–water partition coefficient (Wildman–Crippen LogP) is 1.91. The van der Waals surface area contributed by atoms with E-state index in [1.807, 2.05) is 13.8 Å². The zero-order chi connectivity index (χ0) is 21.6. The van der Waals surface area contributed by atoms with Crippen molar-refractivity contribution in [1.29, 1.82) is 5.26 Å². The summed E-state index contributed by atoms with van der Waals surface area (Å²) in [5, 5.41) is 16.0. The molecule has 0 radical (unpaired) electrons. The Kier molecular flexibility index (Phi) is 7.53. The molecule has 156 valence electrons. The number of hydrogen-bond donors (Lipinski definition) is 1. The zero-order valence-electron chi connectivity index (χ0n) is 17.3. The molecule has 0 unspecified atom stereocenters. The summed E-state index contributed by atoms with van der Waals surface area (Å²) in [6.07, 6.45) is 1.19. The molecule has 9 heteroatoms. The summed E-state index contributed by atoms with van der Waals surface area (Å²) in [5.74, 6) is -0.161. The number of nitrogens with one attached hydrogen (secondary N) is 1. The van der Waals surface area contributed by atoms with Gasteiger partial charge in [-0.2, -0.15) is 10.4 Å². The van der Waals surface area contributed by atoms with Crippen molar-refractivity contribution in [2.45, 2.75) is 51.1 Å². The second-order valence-corrected chi connectivity index (χ2v) is 9.07. The van der Waals surface area contributed by atoms with E-state index < -0.39 is 10.0 Å². The van der Waals surface area contributed by atoms with E-state index in [2.05, 4.69) is 16.5 Å². The van der Waals surface area contributed by atoms with Crippen LogP contribution in [0.4, 0.5) is 0 Å². The number of sulfonamides is 1. The van der Waals surface area contributed by atoms with Crippen LogP contribution in [0.5, 0.6) is 0 Å². The van der Waals surface area contributed by atoms with Crippen molar-refractivity contribution in [2.75, 3.05) is 14.1 Å². The summed E-state index contributed by atoms with van der Waals surface area (Å²) in [6, 6.07) is 8.76. The molecule has 0 aliphatic carbocycles. The van der Waals surface area contributed by atoms with Crippen LogP contribution in [0.1, 0.15) is 35.4 Å². The first-order chi connectivity index (χ1) is 13.7. The number of benzene rings is 1. The van der Waals surface area contributed by atoms with Gasteiger partial charge in [0.2, 0.25) is 15.9 Å². The van der Waals surface area contributed by atoms with Gasteiger partial charge in [-0.15, -0.1) is 0 Å². The van der Waals surface area contributed by atoms with Crippen molar-refractivity contribution in [2.24, 2.45) is 0 Å². The molecule has 1 aromatic heterocycles. The smallest absolute Gasteiger partial charge is 0.242 e. The minimum Gasteiger partial charge on any atom is -0.352 e. The number of rotatable bonds is 9. The number of carbonyl (C=O) groups excluding carboxylic acids is 1. The van der Waals surface area contributed by atoms with Crippen LogP contribution in [0.15, 0.2) is 29.2 Å². The fourth-order valence-electron chi connectivity index (χ4n) is 3.09. The average Bonchev–Trinajstić information content (AvgIpc) is 2.96. The second kappa shape index (κ2) is 9.67. The maximum absolute atomic E-state index is 12.4. The van der Waals surface area contributed by atoms with E-state index >= 15 is 0 Å². The molecule has 1 N–H and O–H groups in total. The molecule has 0 spiro atoms. The van der Waals surface area contributed by atoms with E-state index in [1.54, 1.807) is 28.9 Å². The van der Waals surface area contributed by atoms with E-state index in [4.69, 9.17) is 5.26 Å². The van der Waals surface area contributed by atoms with Gasteiger partial charge in [0.25, 0.3) is 0 Å². The van der Waals surface area contributed by atoms with Gasteiger partial charge in [0.1, 0.15) is 0 Å². The lowest BCUT2D eigenvalue weighted by atomic mass is 10.1. The summed E-state index contributed by atoms with van der Waals surface area (Å²) < 4.78 is 27.8. The Morgan fingerprint density at radius 3 is 2.62 bits per heavy atom. The highest BCUT2D eigenvalue weighted by molar-refractivity contribution is 7.89. The van der Waals surface area contributed by atoms with Crippen LogP contribution in [0, 0.1) is 25.2 Å². The van der Waals surface area contributed by atoms with Gasteiger partial charge in [-0.1, -0.05) is 18.2 Å². The van der Waals surface area contributed by atoms with Gasteiger partial charge in [0, 0.05) is 32.8 Å². The van der Waals surface area contributed by atoms with Crippen LogP contribution in [-0.4, -0.2) is 42.5 Å². The molecule has 8 nitrogen and oxygen atoms in total. The number of nitriles is 1. The Morgan fingerprint density at radius 2 is 1.97 bits per heavy atom. The van der Waals surface area contributed by atoms with Crippen molar-refractivity contribution in [3.05, 3.63) is 46.8 Å². The molecule has 2 rings (SSSR count). The molecule has 2 aromatic rings. The van der Waals surface area contributed by atoms with Crippen molar-refractivity contribution in [3.63, 3.8) is 0 Å². The largest absolute Gasteiger partial charge is 0.352 e. The Morgan fingerprint density at radius 1 is 1.28 bits per heavy atom. The van der Waals surface area contributed by atoms with Crippen molar-refractivity contribution < 1.29 is 13.2 Å². The maximum Gasteiger partial charge on any atom is 0.242 e. The third-order valence-electron chi connectivity index (χ3n) is 4.78. The summed E-state index contributed by atoms with van der Waals surface area (Å²) >= 11 is 0. The number of nitrogens with zero attached hydrogens (tertiary/aromatic N) is 4. The van der Waals surface area contributed by atoms with Crippen LogP contribution >= 0.6 is 0 Å². The van der Waals surface area contributed by atoms with Gasteiger partial charge in [-0.05, 0) is 37.5 Å². The average molecular weight is 418 g/mol. The molecule has 0 aliphatic heterocycles. The quantitative estimate of drug-likeness (QED) is 0.670. The number of aromatic nitrogens is 2. The SMILES string of the molecule is Cc1nn(CCC#N)c(C)c1CCC(=O)NCc1ccccc1S(=O)(=O)N(C)C. The highest BCUT2D eigenvalue weighted by Crippen LogP contribution is 2.19. The third kappa shape index (κ3) is 5.43. The van der Waals surface area contributed by atoms with Crippen LogP contribution in [0.3, 0.4) is 0 Å². The summed E-state index contributed by atoms with van der Waals surface area (Å²) in [7, 11) is -0.622. The second-order valence-electron chi connectivity index (χ2n) is 6.95. The fourth-order valence-corrected chi connectivity index (χ4v) is 4.20. The van der Waals surface area contributed by atoms with Crippen LogP contribution < -0.4 is 5.32 Å². The van der Waals surface area contributed by atoms with E-state index in [0.717, 1.165) is 21.3 Å². The normalized spacial score (nSPS) is 11.4. The van der Waals surface area contributed by atoms with Crippen LogP contribution in [-0.2, 0) is 34.3 Å². The van der Waals surface area contributed by atoms with E-state index in [0.29, 0.717) is 24.9 Å². The summed E-state index contributed by atoms with van der Waals surface area (Å²) in [4.78, 5) is 12.5. The maximum atomic E-state index is 12.4. The first kappa shape index (κ1) is 22.6. The Labute approximate surface area is 172 Å². The van der Waals surface area contributed by atoms with Gasteiger partial charge < -0.3 is 5.32 Å². The van der Waals surface area contributed by atoms with Crippen molar-refractivity contribution in [3.8, 4) is 6.07 Å².